The number of carbonyl (C=O) groups is 2. The number of ether oxygens (including phenoxy) is 1. The number of benzene rings is 2. The zero-order valence-electron chi connectivity index (χ0n) is 18.1. The number of methoxy groups -OCH3 is 1. The van der Waals surface area contributed by atoms with Crippen LogP contribution >= 0.6 is 0 Å². The van der Waals surface area contributed by atoms with Gasteiger partial charge in [0.05, 0.1) is 18.7 Å². The monoisotopic (exact) mass is 421 g/mol. The molecule has 1 unspecified atom stereocenters. The van der Waals surface area contributed by atoms with Crippen molar-refractivity contribution in [2.75, 3.05) is 7.11 Å². The number of hydrogen-bond acceptors (Lipinski definition) is 6. The van der Waals surface area contributed by atoms with E-state index >= 15 is 0 Å². The highest BCUT2D eigenvalue weighted by atomic mass is 16.5. The zero-order chi connectivity index (χ0) is 22.9. The van der Waals surface area contributed by atoms with Crippen LogP contribution in [0.2, 0.25) is 0 Å². The molecule has 9 heteroatoms. The van der Waals surface area contributed by atoms with E-state index in [1.165, 1.54) is 18.2 Å². The van der Waals surface area contributed by atoms with Crippen molar-refractivity contribution < 1.29 is 24.0 Å². The molecule has 2 N–H and O–H groups in total. The summed E-state index contributed by atoms with van der Waals surface area (Å²) in [5.74, 6) is -0.341. The Morgan fingerprint density at radius 2 is 2.00 bits per heavy atom. The van der Waals surface area contributed by atoms with Crippen LogP contribution in [0, 0.1) is 18.3 Å². The van der Waals surface area contributed by atoms with Crippen molar-refractivity contribution in [2.45, 2.75) is 39.3 Å². The largest absolute Gasteiger partial charge is 0.496 e. The molecule has 8 nitrogen and oxygen atoms in total. The van der Waals surface area contributed by atoms with E-state index in [0.29, 0.717) is 27.9 Å². The second kappa shape index (κ2) is 8.42. The van der Waals surface area contributed by atoms with Gasteiger partial charge in [0, 0.05) is 16.7 Å². The average molecular weight is 421 g/mol. The number of hydrazine groups is 1. The fraction of sp³-hybridized carbons (Fsp3) is 0.318. The minimum absolute atomic E-state index is 0.248. The van der Waals surface area contributed by atoms with Crippen LogP contribution in [-0.4, -0.2) is 41.6 Å². The van der Waals surface area contributed by atoms with Gasteiger partial charge in [0.1, 0.15) is 5.75 Å². The number of fused-ring (bicyclic) bond motifs is 1. The highest BCUT2D eigenvalue weighted by molar-refractivity contribution is 6.62. The molecule has 2 aromatic rings. The lowest BCUT2D eigenvalue weighted by molar-refractivity contribution is 0.0358. The topological polar surface area (TPSA) is 112 Å². The highest BCUT2D eigenvalue weighted by Crippen LogP contribution is 2.25. The van der Waals surface area contributed by atoms with Crippen LogP contribution in [0.4, 0.5) is 0 Å². The maximum atomic E-state index is 13.3. The molecular weight excluding hydrogens is 397 g/mol. The van der Waals surface area contributed by atoms with Crippen molar-refractivity contribution in [3.05, 3.63) is 58.7 Å². The van der Waals surface area contributed by atoms with E-state index < -0.39 is 30.6 Å². The third-order valence-electron chi connectivity index (χ3n) is 5.10. The van der Waals surface area contributed by atoms with Gasteiger partial charge in [0.15, 0.2) is 6.10 Å². The van der Waals surface area contributed by atoms with Gasteiger partial charge in [0.25, 0.3) is 11.8 Å². The summed E-state index contributed by atoms with van der Waals surface area (Å²) in [6.45, 7) is 7.15. The number of nitrogens with one attached hydrogen (secondary N) is 1. The maximum Gasteiger partial charge on any atom is 0.492 e. The minimum atomic E-state index is -1.29. The standard InChI is InChI=1S/C22H24BN3O5/c1-13-15(7-6-8-18(13)30-5)20(27)25-26(22(2,3)4)21(28)14-9-10-16-17(11-14)23(29)31-19(16)12-24/h6-11,19,29H,1-5H3,(H,25,27). The molecule has 1 aliphatic heterocycles. The van der Waals surface area contributed by atoms with Gasteiger partial charge < -0.3 is 14.4 Å². The van der Waals surface area contributed by atoms with Crippen molar-refractivity contribution in [1.82, 2.24) is 10.4 Å². The van der Waals surface area contributed by atoms with E-state index in [1.54, 1.807) is 58.0 Å². The molecule has 3 rings (SSSR count). The number of hydrogen-bond donors (Lipinski definition) is 2. The van der Waals surface area contributed by atoms with Gasteiger partial charge in [-0.2, -0.15) is 5.26 Å². The number of amides is 2. The molecule has 0 aromatic heterocycles. The molecule has 1 atom stereocenters. The second-order valence-electron chi connectivity index (χ2n) is 8.23. The summed E-state index contributed by atoms with van der Waals surface area (Å²) in [5, 5.41) is 20.5. The first-order chi connectivity index (χ1) is 14.6. The molecule has 0 radical (unpaired) electrons. The molecule has 0 aliphatic carbocycles. The van der Waals surface area contributed by atoms with Crippen molar-refractivity contribution in [3.8, 4) is 11.8 Å². The van der Waals surface area contributed by atoms with E-state index in [1.807, 2.05) is 6.07 Å². The average Bonchev–Trinajstić information content (AvgIpc) is 3.06. The van der Waals surface area contributed by atoms with E-state index in [4.69, 9.17) is 14.7 Å². The molecule has 0 saturated carbocycles. The van der Waals surface area contributed by atoms with Crippen molar-refractivity contribution in [3.63, 3.8) is 0 Å². The molecule has 0 fully saturated rings. The Hall–Kier alpha value is -3.35. The fourth-order valence-corrected chi connectivity index (χ4v) is 3.43. The maximum absolute atomic E-state index is 13.3. The molecule has 0 bridgehead atoms. The Bertz CT molecular complexity index is 1070. The summed E-state index contributed by atoms with van der Waals surface area (Å²) < 4.78 is 10.5. The van der Waals surface area contributed by atoms with E-state index in [0.717, 1.165) is 0 Å². The first kappa shape index (κ1) is 22.3. The second-order valence-corrected chi connectivity index (χ2v) is 8.23. The number of nitriles is 1. The van der Waals surface area contributed by atoms with Gasteiger partial charge in [-0.3, -0.25) is 15.0 Å². The smallest absolute Gasteiger partial charge is 0.492 e. The number of rotatable bonds is 3. The predicted molar refractivity (Wildman–Crippen MR) is 115 cm³/mol. The molecular formula is C22H24BN3O5. The van der Waals surface area contributed by atoms with Crippen LogP contribution in [0.25, 0.3) is 0 Å². The minimum Gasteiger partial charge on any atom is -0.496 e. The Kier molecular flexibility index (Phi) is 6.07. The lowest BCUT2D eigenvalue weighted by Gasteiger charge is -2.35. The van der Waals surface area contributed by atoms with Crippen LogP contribution in [-0.2, 0) is 4.65 Å². The number of nitrogens with zero attached hydrogens (tertiary/aromatic N) is 2. The fourth-order valence-electron chi connectivity index (χ4n) is 3.43. The third-order valence-corrected chi connectivity index (χ3v) is 5.10. The van der Waals surface area contributed by atoms with Crippen molar-refractivity contribution in [1.29, 1.82) is 5.26 Å². The summed E-state index contributed by atoms with van der Waals surface area (Å²) in [7, 11) is 0.238. The number of carbonyl (C=O) groups excluding carboxylic acids is 2. The van der Waals surface area contributed by atoms with Crippen LogP contribution in [0.1, 0.15) is 58.7 Å². The third kappa shape index (κ3) is 4.26. The van der Waals surface area contributed by atoms with Gasteiger partial charge >= 0.3 is 7.12 Å². The molecule has 31 heavy (non-hydrogen) atoms. The summed E-state index contributed by atoms with van der Waals surface area (Å²) >= 11 is 0. The molecule has 0 saturated heterocycles. The summed E-state index contributed by atoms with van der Waals surface area (Å²) in [6, 6.07) is 11.7. The van der Waals surface area contributed by atoms with Gasteiger partial charge in [-0.05, 0) is 63.0 Å². The normalized spacial score (nSPS) is 15.1. The first-order valence-corrected chi connectivity index (χ1v) is 9.74. The van der Waals surface area contributed by atoms with Crippen LogP contribution < -0.4 is 15.6 Å². The van der Waals surface area contributed by atoms with Crippen LogP contribution in [0.5, 0.6) is 5.75 Å². The van der Waals surface area contributed by atoms with Gasteiger partial charge in [-0.25, -0.2) is 5.01 Å². The lowest BCUT2D eigenvalue weighted by Crippen LogP contribution is -2.56. The quantitative estimate of drug-likeness (QED) is 0.578. The SMILES string of the molecule is COc1cccc(C(=O)NN(C(=O)c2ccc3c(c2)B(O)OC3C#N)C(C)(C)C)c1C. The molecule has 1 aliphatic rings. The molecule has 1 heterocycles. The Balaban J connectivity index is 1.92. The zero-order valence-corrected chi connectivity index (χ0v) is 18.1. The molecule has 160 valence electrons. The molecule has 0 spiro atoms. The van der Waals surface area contributed by atoms with E-state index in [-0.39, 0.29) is 5.56 Å². The lowest BCUT2D eigenvalue weighted by atomic mass is 9.78. The molecule has 2 amide bonds. The van der Waals surface area contributed by atoms with Gasteiger partial charge in [-0.1, -0.05) is 12.1 Å². The molecule has 2 aromatic carbocycles. The Labute approximate surface area is 181 Å². The van der Waals surface area contributed by atoms with Crippen LogP contribution in [0.3, 0.4) is 0 Å². The van der Waals surface area contributed by atoms with E-state index in [2.05, 4.69) is 5.43 Å². The van der Waals surface area contributed by atoms with Crippen molar-refractivity contribution in [2.24, 2.45) is 0 Å². The predicted octanol–water partition coefficient (Wildman–Crippen LogP) is 1.87. The summed E-state index contributed by atoms with van der Waals surface area (Å²) in [5.41, 5.74) is 4.13. The van der Waals surface area contributed by atoms with E-state index in [9.17, 15) is 14.6 Å². The van der Waals surface area contributed by atoms with Crippen molar-refractivity contribution >= 4 is 24.4 Å². The summed E-state index contributed by atoms with van der Waals surface area (Å²) in [4.78, 5) is 26.3. The highest BCUT2D eigenvalue weighted by Gasteiger charge is 2.37. The summed E-state index contributed by atoms with van der Waals surface area (Å²) in [6.07, 6.45) is -0.886. The van der Waals surface area contributed by atoms with Gasteiger partial charge in [0.2, 0.25) is 0 Å². The Morgan fingerprint density at radius 3 is 2.61 bits per heavy atom. The van der Waals surface area contributed by atoms with Gasteiger partial charge in [-0.15, -0.1) is 0 Å². The first-order valence-electron chi connectivity index (χ1n) is 9.74. The Morgan fingerprint density at radius 1 is 1.29 bits per heavy atom. The van der Waals surface area contributed by atoms with Crippen LogP contribution in [0.15, 0.2) is 36.4 Å².